The molecule has 8 nitrogen and oxygen atoms in total. The van der Waals surface area contributed by atoms with Gasteiger partial charge in [0.15, 0.2) is 17.4 Å². The number of carbonyl (C=O) groups is 2. The molecule has 2 aromatic heterocycles. The second-order valence-electron chi connectivity index (χ2n) is 6.99. The third-order valence-corrected chi connectivity index (χ3v) is 4.71. The highest BCUT2D eigenvalue weighted by Gasteiger charge is 2.18. The Morgan fingerprint density at radius 3 is 2.47 bits per heavy atom. The van der Waals surface area contributed by atoms with Crippen molar-refractivity contribution in [1.29, 1.82) is 0 Å². The minimum Gasteiger partial charge on any atom is -0.454 e. The fourth-order valence-corrected chi connectivity index (χ4v) is 3.09. The Morgan fingerprint density at radius 1 is 0.971 bits per heavy atom. The topological polar surface area (TPSA) is 116 Å². The predicted molar refractivity (Wildman–Crippen MR) is 119 cm³/mol. The Morgan fingerprint density at radius 2 is 1.74 bits per heavy atom. The van der Waals surface area contributed by atoms with E-state index in [1.165, 1.54) is 41.2 Å². The Balaban J connectivity index is 1.58. The molecule has 0 atom stereocenters. The molecule has 0 spiro atoms. The third kappa shape index (κ3) is 4.65. The lowest BCUT2D eigenvalue weighted by atomic mass is 10.2. The van der Waals surface area contributed by atoms with Crippen LogP contribution in [-0.4, -0.2) is 21.4 Å². The molecule has 170 valence electrons. The summed E-state index contributed by atoms with van der Waals surface area (Å²) in [5.41, 5.74) is 4.18. The van der Waals surface area contributed by atoms with E-state index in [4.69, 9.17) is 10.5 Å². The SMILES string of the molecule is NC(=O)c1cc(Oc2cc(F)c(NC(=O)c3cccn(-c4ccccc4)c3=O)cc2F)ccn1. The summed E-state index contributed by atoms with van der Waals surface area (Å²) < 4.78 is 35.7. The fraction of sp³-hybridized carbons (Fsp3) is 0. The van der Waals surface area contributed by atoms with Crippen LogP contribution in [-0.2, 0) is 0 Å². The van der Waals surface area contributed by atoms with Gasteiger partial charge in [-0.1, -0.05) is 18.2 Å². The van der Waals surface area contributed by atoms with E-state index in [9.17, 15) is 23.2 Å². The first-order valence-electron chi connectivity index (χ1n) is 9.84. The van der Waals surface area contributed by atoms with Crippen LogP contribution in [0.5, 0.6) is 11.5 Å². The molecular weight excluding hydrogens is 446 g/mol. The molecule has 3 N–H and O–H groups in total. The summed E-state index contributed by atoms with van der Waals surface area (Å²) in [5, 5.41) is 2.21. The van der Waals surface area contributed by atoms with Gasteiger partial charge in [0, 0.05) is 36.3 Å². The van der Waals surface area contributed by atoms with Crippen LogP contribution in [0.2, 0.25) is 0 Å². The molecule has 0 aliphatic heterocycles. The number of ether oxygens (including phenoxy) is 1. The van der Waals surface area contributed by atoms with Crippen molar-refractivity contribution in [3.8, 4) is 17.2 Å². The van der Waals surface area contributed by atoms with E-state index in [1.54, 1.807) is 30.3 Å². The van der Waals surface area contributed by atoms with Gasteiger partial charge >= 0.3 is 0 Å². The number of anilines is 1. The van der Waals surface area contributed by atoms with Gasteiger partial charge in [-0.2, -0.15) is 0 Å². The highest BCUT2D eigenvalue weighted by Crippen LogP contribution is 2.29. The first-order chi connectivity index (χ1) is 16.3. The Labute approximate surface area is 191 Å². The Bertz CT molecular complexity index is 1460. The summed E-state index contributed by atoms with van der Waals surface area (Å²) in [6, 6.07) is 15.3. The van der Waals surface area contributed by atoms with Crippen LogP contribution < -0.4 is 21.3 Å². The van der Waals surface area contributed by atoms with Crippen LogP contribution in [0.15, 0.2) is 83.9 Å². The minimum absolute atomic E-state index is 0.00429. The lowest BCUT2D eigenvalue weighted by Gasteiger charge is -2.12. The number of benzene rings is 2. The van der Waals surface area contributed by atoms with Gasteiger partial charge < -0.3 is 15.8 Å². The molecule has 10 heteroatoms. The van der Waals surface area contributed by atoms with Gasteiger partial charge in [0.2, 0.25) is 0 Å². The average molecular weight is 462 g/mol. The van der Waals surface area contributed by atoms with E-state index in [-0.39, 0.29) is 17.0 Å². The standard InChI is InChI=1S/C24H16F2N4O4/c25-17-13-21(34-15-8-9-28-20(11-15)22(27)31)18(26)12-19(17)29-23(32)16-7-4-10-30(24(16)33)14-5-2-1-3-6-14/h1-13H,(H2,27,31)(H,29,32). The molecule has 0 saturated carbocycles. The van der Waals surface area contributed by atoms with Crippen molar-refractivity contribution in [2.45, 2.75) is 0 Å². The molecule has 0 radical (unpaired) electrons. The first kappa shape index (κ1) is 22.3. The molecule has 0 fully saturated rings. The van der Waals surface area contributed by atoms with Crippen LogP contribution in [0.3, 0.4) is 0 Å². The number of para-hydroxylation sites is 1. The number of amides is 2. The van der Waals surface area contributed by atoms with Crippen LogP contribution in [0.25, 0.3) is 5.69 Å². The molecule has 0 unspecified atom stereocenters. The molecule has 2 heterocycles. The average Bonchev–Trinajstić information content (AvgIpc) is 2.83. The number of nitrogens with one attached hydrogen (secondary N) is 1. The Kier molecular flexibility index (Phi) is 6.13. The van der Waals surface area contributed by atoms with Crippen molar-refractivity contribution >= 4 is 17.5 Å². The monoisotopic (exact) mass is 462 g/mol. The summed E-state index contributed by atoms with van der Waals surface area (Å²) in [6.07, 6.45) is 2.71. The predicted octanol–water partition coefficient (Wildman–Crippen LogP) is 3.65. The van der Waals surface area contributed by atoms with Crippen LogP contribution >= 0.6 is 0 Å². The minimum atomic E-state index is -1.01. The van der Waals surface area contributed by atoms with Crippen LogP contribution in [0.1, 0.15) is 20.8 Å². The summed E-state index contributed by atoms with van der Waals surface area (Å²) in [5.74, 6) is -4.23. The van der Waals surface area contributed by atoms with Gasteiger partial charge in [-0.05, 0) is 30.3 Å². The largest absolute Gasteiger partial charge is 0.454 e. The summed E-state index contributed by atoms with van der Waals surface area (Å²) in [4.78, 5) is 40.4. The fourth-order valence-electron chi connectivity index (χ4n) is 3.09. The normalized spacial score (nSPS) is 10.5. The first-order valence-corrected chi connectivity index (χ1v) is 9.84. The van der Waals surface area contributed by atoms with Gasteiger partial charge in [0.05, 0.1) is 5.69 Å². The van der Waals surface area contributed by atoms with E-state index in [0.717, 1.165) is 12.1 Å². The molecule has 34 heavy (non-hydrogen) atoms. The number of aromatic nitrogens is 2. The number of nitrogens with zero attached hydrogens (tertiary/aromatic N) is 2. The summed E-state index contributed by atoms with van der Waals surface area (Å²) in [6.45, 7) is 0. The molecular formula is C24H16F2N4O4. The molecule has 0 aliphatic carbocycles. The Hall–Kier alpha value is -4.86. The number of hydrogen-bond donors (Lipinski definition) is 2. The molecule has 2 amide bonds. The number of halogens is 2. The van der Waals surface area contributed by atoms with E-state index in [2.05, 4.69) is 10.3 Å². The van der Waals surface area contributed by atoms with E-state index < -0.39 is 40.4 Å². The lowest BCUT2D eigenvalue weighted by molar-refractivity contribution is 0.0993. The molecule has 0 aliphatic rings. The third-order valence-electron chi connectivity index (χ3n) is 4.71. The molecule has 2 aromatic carbocycles. The quantitative estimate of drug-likeness (QED) is 0.454. The van der Waals surface area contributed by atoms with Crippen LogP contribution in [0, 0.1) is 11.6 Å². The maximum Gasteiger partial charge on any atom is 0.267 e. The number of nitrogens with two attached hydrogens (primary N) is 1. The number of carbonyl (C=O) groups excluding carboxylic acids is 2. The zero-order chi connectivity index (χ0) is 24.2. The second-order valence-corrected chi connectivity index (χ2v) is 6.99. The summed E-state index contributed by atoms with van der Waals surface area (Å²) in [7, 11) is 0. The second kappa shape index (κ2) is 9.33. The smallest absolute Gasteiger partial charge is 0.267 e. The van der Waals surface area contributed by atoms with Crippen molar-refractivity contribution in [3.05, 3.63) is 112 Å². The highest BCUT2D eigenvalue weighted by molar-refractivity contribution is 6.04. The van der Waals surface area contributed by atoms with E-state index in [0.29, 0.717) is 5.69 Å². The van der Waals surface area contributed by atoms with Gasteiger partial charge in [0.25, 0.3) is 17.4 Å². The van der Waals surface area contributed by atoms with Crippen molar-refractivity contribution in [2.24, 2.45) is 5.73 Å². The van der Waals surface area contributed by atoms with Crippen molar-refractivity contribution < 1.29 is 23.1 Å². The van der Waals surface area contributed by atoms with Gasteiger partial charge in [-0.15, -0.1) is 0 Å². The van der Waals surface area contributed by atoms with Gasteiger partial charge in [-0.3, -0.25) is 23.9 Å². The van der Waals surface area contributed by atoms with Gasteiger partial charge in [-0.25, -0.2) is 8.78 Å². The zero-order valence-electron chi connectivity index (χ0n) is 17.4. The van der Waals surface area contributed by atoms with E-state index in [1.807, 2.05) is 0 Å². The summed E-state index contributed by atoms with van der Waals surface area (Å²) >= 11 is 0. The van der Waals surface area contributed by atoms with Crippen molar-refractivity contribution in [1.82, 2.24) is 9.55 Å². The highest BCUT2D eigenvalue weighted by atomic mass is 19.1. The number of pyridine rings is 2. The van der Waals surface area contributed by atoms with Crippen molar-refractivity contribution in [3.63, 3.8) is 0 Å². The lowest BCUT2D eigenvalue weighted by Crippen LogP contribution is -2.28. The van der Waals surface area contributed by atoms with Crippen LogP contribution in [0.4, 0.5) is 14.5 Å². The van der Waals surface area contributed by atoms with Gasteiger partial charge in [0.1, 0.15) is 17.0 Å². The molecule has 4 rings (SSSR count). The maximum absolute atomic E-state index is 14.6. The number of rotatable bonds is 6. The zero-order valence-corrected chi connectivity index (χ0v) is 17.4. The molecule has 0 bridgehead atoms. The molecule has 4 aromatic rings. The van der Waals surface area contributed by atoms with Crippen molar-refractivity contribution in [2.75, 3.05) is 5.32 Å². The maximum atomic E-state index is 14.6. The number of hydrogen-bond acceptors (Lipinski definition) is 5. The number of primary amides is 1. The molecule has 0 saturated heterocycles. The van der Waals surface area contributed by atoms with E-state index >= 15 is 0 Å².